The van der Waals surface area contributed by atoms with E-state index in [0.717, 1.165) is 26.2 Å². The van der Waals surface area contributed by atoms with Gasteiger partial charge < -0.3 is 15.4 Å². The van der Waals surface area contributed by atoms with Crippen LogP contribution in [0.25, 0.3) is 0 Å². The molecular formula is C12H25N3O2. The van der Waals surface area contributed by atoms with Crippen LogP contribution < -0.4 is 5.73 Å². The van der Waals surface area contributed by atoms with Gasteiger partial charge in [0.15, 0.2) is 0 Å². The first kappa shape index (κ1) is 14.4. The Labute approximate surface area is 104 Å². The van der Waals surface area contributed by atoms with E-state index in [1.165, 1.54) is 7.11 Å². The van der Waals surface area contributed by atoms with Crippen molar-refractivity contribution in [1.29, 1.82) is 0 Å². The van der Waals surface area contributed by atoms with Crippen LogP contribution in [0.1, 0.15) is 20.8 Å². The Morgan fingerprint density at radius 2 is 1.82 bits per heavy atom. The predicted octanol–water partition coefficient (Wildman–Crippen LogP) is -0.0972. The lowest BCUT2D eigenvalue weighted by molar-refractivity contribution is -0.143. The lowest BCUT2D eigenvalue weighted by atomic mass is 10.0. The van der Waals surface area contributed by atoms with Crippen molar-refractivity contribution in [3.63, 3.8) is 0 Å². The van der Waals surface area contributed by atoms with Gasteiger partial charge in [0.25, 0.3) is 5.91 Å². The number of hydrogen-bond donors (Lipinski definition) is 1. The van der Waals surface area contributed by atoms with Crippen molar-refractivity contribution in [2.24, 2.45) is 5.73 Å². The van der Waals surface area contributed by atoms with E-state index in [2.05, 4.69) is 25.7 Å². The molecule has 1 saturated heterocycles. The number of carbonyl (C=O) groups excluding carboxylic acids is 1. The predicted molar refractivity (Wildman–Crippen MR) is 67.8 cm³/mol. The molecule has 5 nitrogen and oxygen atoms in total. The summed E-state index contributed by atoms with van der Waals surface area (Å²) in [5.74, 6) is 0.0172. The number of hydrogen-bond acceptors (Lipinski definition) is 4. The van der Waals surface area contributed by atoms with E-state index in [4.69, 9.17) is 10.5 Å². The highest BCUT2D eigenvalue weighted by atomic mass is 16.5. The molecule has 1 heterocycles. The van der Waals surface area contributed by atoms with Gasteiger partial charge in [-0.1, -0.05) is 0 Å². The van der Waals surface area contributed by atoms with E-state index in [9.17, 15) is 4.79 Å². The lowest BCUT2D eigenvalue weighted by Gasteiger charge is -2.42. The van der Waals surface area contributed by atoms with Crippen molar-refractivity contribution in [3.05, 3.63) is 0 Å². The molecule has 0 radical (unpaired) electrons. The minimum atomic E-state index is -0.490. The van der Waals surface area contributed by atoms with E-state index in [0.29, 0.717) is 0 Å². The molecule has 5 heteroatoms. The maximum atomic E-state index is 12.0. The maximum absolute atomic E-state index is 12.0. The van der Waals surface area contributed by atoms with E-state index < -0.39 is 6.10 Å². The second kappa shape index (κ2) is 5.80. The monoisotopic (exact) mass is 243 g/mol. The van der Waals surface area contributed by atoms with Gasteiger partial charge in [-0.25, -0.2) is 0 Å². The van der Waals surface area contributed by atoms with Crippen LogP contribution in [0, 0.1) is 0 Å². The standard InChI is InChI=1S/C12H25N3O2/c1-12(2,3)15-7-5-14(6-8-15)11(16)10(9-13)17-4/h10H,5-9,13H2,1-4H3. The molecule has 0 spiro atoms. The third-order valence-corrected chi connectivity index (χ3v) is 3.31. The molecule has 17 heavy (non-hydrogen) atoms. The summed E-state index contributed by atoms with van der Waals surface area (Å²) in [6.45, 7) is 10.2. The van der Waals surface area contributed by atoms with Crippen molar-refractivity contribution >= 4 is 5.91 Å². The van der Waals surface area contributed by atoms with Gasteiger partial charge in [0.2, 0.25) is 0 Å². The summed E-state index contributed by atoms with van der Waals surface area (Å²) in [5.41, 5.74) is 5.67. The van der Waals surface area contributed by atoms with Crippen LogP contribution in [0.3, 0.4) is 0 Å². The smallest absolute Gasteiger partial charge is 0.253 e. The van der Waals surface area contributed by atoms with Crippen molar-refractivity contribution in [1.82, 2.24) is 9.80 Å². The summed E-state index contributed by atoms with van der Waals surface area (Å²) < 4.78 is 5.08. The minimum Gasteiger partial charge on any atom is -0.370 e. The Balaban J connectivity index is 2.49. The number of amides is 1. The van der Waals surface area contributed by atoms with Crippen LogP contribution in [0.5, 0.6) is 0 Å². The molecule has 1 unspecified atom stereocenters. The second-order valence-electron chi connectivity index (χ2n) is 5.44. The fourth-order valence-electron chi connectivity index (χ4n) is 2.10. The zero-order valence-electron chi connectivity index (χ0n) is 11.4. The molecule has 1 atom stereocenters. The molecule has 100 valence electrons. The fourth-order valence-corrected chi connectivity index (χ4v) is 2.10. The first-order valence-corrected chi connectivity index (χ1v) is 6.17. The Morgan fingerprint density at radius 1 is 1.29 bits per heavy atom. The molecule has 1 rings (SSSR count). The van der Waals surface area contributed by atoms with Crippen LogP contribution in [0.4, 0.5) is 0 Å². The Bertz CT molecular complexity index is 251. The first-order valence-electron chi connectivity index (χ1n) is 6.17. The summed E-state index contributed by atoms with van der Waals surface area (Å²) >= 11 is 0. The number of ether oxygens (including phenoxy) is 1. The van der Waals surface area contributed by atoms with Crippen LogP contribution in [0.15, 0.2) is 0 Å². The zero-order valence-corrected chi connectivity index (χ0v) is 11.4. The van der Waals surface area contributed by atoms with Crippen LogP contribution in [-0.4, -0.2) is 67.2 Å². The number of nitrogens with two attached hydrogens (primary N) is 1. The maximum Gasteiger partial charge on any atom is 0.253 e. The van der Waals surface area contributed by atoms with Crippen LogP contribution in [0.2, 0.25) is 0 Å². The molecule has 0 aromatic rings. The molecule has 1 aliphatic rings. The van der Waals surface area contributed by atoms with E-state index in [1.807, 2.05) is 4.90 Å². The molecule has 1 aliphatic heterocycles. The highest BCUT2D eigenvalue weighted by Crippen LogP contribution is 2.16. The molecular weight excluding hydrogens is 218 g/mol. The Morgan fingerprint density at radius 3 is 2.18 bits per heavy atom. The van der Waals surface area contributed by atoms with E-state index >= 15 is 0 Å². The molecule has 2 N–H and O–H groups in total. The summed E-state index contributed by atoms with van der Waals surface area (Å²) in [7, 11) is 1.53. The van der Waals surface area contributed by atoms with Gasteiger partial charge in [-0.3, -0.25) is 9.69 Å². The van der Waals surface area contributed by atoms with E-state index in [-0.39, 0.29) is 18.0 Å². The Hall–Kier alpha value is -0.650. The normalized spacial score (nSPS) is 20.4. The van der Waals surface area contributed by atoms with E-state index in [1.54, 1.807) is 0 Å². The third kappa shape index (κ3) is 3.66. The van der Waals surface area contributed by atoms with Gasteiger partial charge >= 0.3 is 0 Å². The Kier molecular flexibility index (Phi) is 4.91. The molecule has 0 aliphatic carbocycles. The van der Waals surface area contributed by atoms with Gasteiger partial charge in [-0.2, -0.15) is 0 Å². The van der Waals surface area contributed by atoms with Gasteiger partial charge in [-0.05, 0) is 20.8 Å². The molecule has 0 bridgehead atoms. The number of piperazine rings is 1. The molecule has 1 fully saturated rings. The summed E-state index contributed by atoms with van der Waals surface area (Å²) in [6.07, 6.45) is -0.490. The second-order valence-corrected chi connectivity index (χ2v) is 5.44. The van der Waals surface area contributed by atoms with Gasteiger partial charge in [0.1, 0.15) is 6.10 Å². The fraction of sp³-hybridized carbons (Fsp3) is 0.917. The minimum absolute atomic E-state index is 0.0172. The average Bonchev–Trinajstić information content (AvgIpc) is 2.29. The molecule has 1 amide bonds. The van der Waals surface area contributed by atoms with Gasteiger partial charge in [0, 0.05) is 45.4 Å². The summed E-state index contributed by atoms with van der Waals surface area (Å²) in [4.78, 5) is 16.3. The number of rotatable bonds is 3. The highest BCUT2D eigenvalue weighted by Gasteiger charge is 2.30. The lowest BCUT2D eigenvalue weighted by Crippen LogP contribution is -2.57. The molecule has 0 aromatic heterocycles. The number of nitrogens with zero attached hydrogens (tertiary/aromatic N) is 2. The van der Waals surface area contributed by atoms with Crippen molar-refractivity contribution < 1.29 is 9.53 Å². The topological polar surface area (TPSA) is 58.8 Å². The van der Waals surface area contributed by atoms with Gasteiger partial charge in [-0.15, -0.1) is 0 Å². The van der Waals surface area contributed by atoms with Gasteiger partial charge in [0.05, 0.1) is 0 Å². The average molecular weight is 243 g/mol. The molecule has 0 saturated carbocycles. The molecule has 0 aromatic carbocycles. The SMILES string of the molecule is COC(CN)C(=O)N1CCN(C(C)(C)C)CC1. The summed E-state index contributed by atoms with van der Waals surface area (Å²) in [6, 6.07) is 0. The van der Waals surface area contributed by atoms with Crippen molar-refractivity contribution in [2.75, 3.05) is 39.8 Å². The zero-order chi connectivity index (χ0) is 13.1. The van der Waals surface area contributed by atoms with Crippen LogP contribution >= 0.6 is 0 Å². The third-order valence-electron chi connectivity index (χ3n) is 3.31. The largest absolute Gasteiger partial charge is 0.370 e. The quantitative estimate of drug-likeness (QED) is 0.752. The summed E-state index contributed by atoms with van der Waals surface area (Å²) in [5, 5.41) is 0. The first-order chi connectivity index (χ1) is 7.90. The van der Waals surface area contributed by atoms with Crippen molar-refractivity contribution in [3.8, 4) is 0 Å². The van der Waals surface area contributed by atoms with Crippen molar-refractivity contribution in [2.45, 2.75) is 32.4 Å². The highest BCUT2D eigenvalue weighted by molar-refractivity contribution is 5.81. The van der Waals surface area contributed by atoms with Crippen LogP contribution in [-0.2, 0) is 9.53 Å². The number of methoxy groups -OCH3 is 1. The number of carbonyl (C=O) groups is 1.